The van der Waals surface area contributed by atoms with Gasteiger partial charge >= 0.3 is 0 Å². The third-order valence-corrected chi connectivity index (χ3v) is 6.78. The second-order valence-electron chi connectivity index (χ2n) is 6.14. The highest BCUT2D eigenvalue weighted by Crippen LogP contribution is 2.11. The number of carbonyl (C=O) groups excluding carboxylic acids is 1. The summed E-state index contributed by atoms with van der Waals surface area (Å²) in [5.74, 6) is 0.830. The molecule has 1 aliphatic rings. The Hall–Kier alpha value is -1.61. The normalized spacial score (nSPS) is 19.6. The zero-order valence-corrected chi connectivity index (χ0v) is 16.3. The Kier molecular flexibility index (Phi) is 7.24. The second-order valence-corrected chi connectivity index (χ2v) is 9.40. The smallest absolute Gasteiger partial charge is 0.222 e. The number of aliphatic imine (C=N–C) groups is 1. The quantitative estimate of drug-likeness (QED) is 0.526. The monoisotopic (exact) mass is 386 g/mol. The van der Waals surface area contributed by atoms with Crippen LogP contribution in [0, 0.1) is 0 Å². The van der Waals surface area contributed by atoms with Crippen LogP contribution in [0.25, 0.3) is 0 Å². The average Bonchev–Trinajstić information content (AvgIpc) is 3.18. The van der Waals surface area contributed by atoms with E-state index in [4.69, 9.17) is 0 Å². The lowest BCUT2D eigenvalue weighted by molar-refractivity contribution is -0.121. The molecule has 2 N–H and O–H groups in total. The van der Waals surface area contributed by atoms with Crippen molar-refractivity contribution in [2.24, 2.45) is 4.99 Å². The van der Waals surface area contributed by atoms with Gasteiger partial charge in [-0.25, -0.2) is 8.42 Å². The molecule has 1 fully saturated rings. The maximum Gasteiger partial charge on any atom is 0.222 e. The molecule has 1 saturated heterocycles. The summed E-state index contributed by atoms with van der Waals surface area (Å²) >= 11 is 1.74. The van der Waals surface area contributed by atoms with E-state index in [9.17, 15) is 13.2 Å². The van der Waals surface area contributed by atoms with Crippen LogP contribution in [0.4, 0.5) is 0 Å². The molecule has 2 rings (SSSR count). The van der Waals surface area contributed by atoms with E-state index in [-0.39, 0.29) is 29.9 Å². The predicted octanol–water partition coefficient (Wildman–Crippen LogP) is 0.491. The van der Waals surface area contributed by atoms with Crippen molar-refractivity contribution < 1.29 is 13.2 Å². The molecule has 1 aliphatic heterocycles. The number of guanidine groups is 1. The van der Waals surface area contributed by atoms with Crippen LogP contribution in [-0.2, 0) is 21.1 Å². The molecule has 2 heterocycles. The van der Waals surface area contributed by atoms with Gasteiger partial charge in [-0.2, -0.15) is 0 Å². The van der Waals surface area contributed by atoms with E-state index >= 15 is 0 Å². The Balaban J connectivity index is 1.67. The topological polar surface area (TPSA) is 90.9 Å². The average molecular weight is 387 g/mol. The number of carbonyl (C=O) groups is 1. The zero-order valence-electron chi connectivity index (χ0n) is 14.7. The molecule has 1 aromatic heterocycles. The maximum atomic E-state index is 11.9. The molecule has 9 heteroatoms. The first kappa shape index (κ1) is 19.7. The van der Waals surface area contributed by atoms with Gasteiger partial charge in [0.2, 0.25) is 5.91 Å². The third-order valence-electron chi connectivity index (χ3n) is 4.08. The van der Waals surface area contributed by atoms with Gasteiger partial charge < -0.3 is 15.5 Å². The Morgan fingerprint density at radius 3 is 2.88 bits per heavy atom. The van der Waals surface area contributed by atoms with Crippen LogP contribution in [-0.4, -0.2) is 69.9 Å². The minimum Gasteiger partial charge on any atom is -0.356 e. The molecule has 0 spiro atoms. The van der Waals surface area contributed by atoms with Crippen molar-refractivity contribution in [2.75, 3.05) is 38.7 Å². The molecule has 0 saturated carbocycles. The number of hydrogen-bond donors (Lipinski definition) is 2. The summed E-state index contributed by atoms with van der Waals surface area (Å²) < 4.78 is 22.8. The van der Waals surface area contributed by atoms with Gasteiger partial charge in [0, 0.05) is 44.5 Å². The minimum absolute atomic E-state index is 0.0549. The van der Waals surface area contributed by atoms with Gasteiger partial charge in [-0.05, 0) is 24.3 Å². The molecular formula is C16H26N4O3S2. The maximum absolute atomic E-state index is 11.9. The lowest BCUT2D eigenvalue weighted by Crippen LogP contribution is -2.42. The predicted molar refractivity (Wildman–Crippen MR) is 102 cm³/mol. The highest BCUT2D eigenvalue weighted by atomic mass is 32.2. The molecule has 25 heavy (non-hydrogen) atoms. The SMILES string of the molecule is CN=C(NCCC(=O)NC1CCS(=O)(=O)C1)N(C)CCc1cccs1. The summed E-state index contributed by atoms with van der Waals surface area (Å²) in [6, 6.07) is 3.91. The number of nitrogens with zero attached hydrogens (tertiary/aromatic N) is 2. The van der Waals surface area contributed by atoms with E-state index in [2.05, 4.69) is 27.1 Å². The number of thiophene rings is 1. The fourth-order valence-electron chi connectivity index (χ4n) is 2.72. The fourth-order valence-corrected chi connectivity index (χ4v) is 5.09. The van der Waals surface area contributed by atoms with Gasteiger partial charge in [-0.1, -0.05) is 6.07 Å². The van der Waals surface area contributed by atoms with E-state index in [0.29, 0.717) is 13.0 Å². The summed E-state index contributed by atoms with van der Waals surface area (Å²) in [5.41, 5.74) is 0. The van der Waals surface area contributed by atoms with Gasteiger partial charge in [0.05, 0.1) is 11.5 Å². The molecule has 7 nitrogen and oxygen atoms in total. The molecule has 1 amide bonds. The van der Waals surface area contributed by atoms with Crippen LogP contribution in [0.5, 0.6) is 0 Å². The fraction of sp³-hybridized carbons (Fsp3) is 0.625. The van der Waals surface area contributed by atoms with E-state index in [1.165, 1.54) is 4.88 Å². The highest BCUT2D eigenvalue weighted by molar-refractivity contribution is 7.91. The summed E-state index contributed by atoms with van der Waals surface area (Å²) in [7, 11) is 0.710. The molecule has 0 aliphatic carbocycles. The standard InChI is InChI=1S/C16H26N4O3S2/c1-17-16(20(2)9-6-14-4-3-10-24-14)18-8-5-15(21)19-13-7-11-25(22,23)12-13/h3-4,10,13H,5-9,11-12H2,1-2H3,(H,17,18)(H,19,21). The molecule has 0 bridgehead atoms. The Morgan fingerprint density at radius 2 is 2.28 bits per heavy atom. The van der Waals surface area contributed by atoms with Crippen molar-refractivity contribution >= 4 is 33.0 Å². The van der Waals surface area contributed by atoms with E-state index in [1.807, 2.05) is 18.0 Å². The molecule has 1 aromatic rings. The summed E-state index contributed by atoms with van der Waals surface area (Å²) in [6.45, 7) is 1.30. The molecule has 0 radical (unpaired) electrons. The van der Waals surface area contributed by atoms with Crippen molar-refractivity contribution in [3.05, 3.63) is 22.4 Å². The van der Waals surface area contributed by atoms with Gasteiger partial charge in [0.15, 0.2) is 15.8 Å². The van der Waals surface area contributed by atoms with Crippen LogP contribution in [0.1, 0.15) is 17.7 Å². The second kappa shape index (κ2) is 9.19. The van der Waals surface area contributed by atoms with Gasteiger partial charge in [-0.15, -0.1) is 11.3 Å². The largest absolute Gasteiger partial charge is 0.356 e. The van der Waals surface area contributed by atoms with E-state index < -0.39 is 9.84 Å². The molecule has 140 valence electrons. The summed E-state index contributed by atoms with van der Waals surface area (Å²) in [4.78, 5) is 19.5. The van der Waals surface area contributed by atoms with E-state index in [1.54, 1.807) is 18.4 Å². The van der Waals surface area contributed by atoms with Gasteiger partial charge in [0.1, 0.15) is 0 Å². The number of likely N-dealkylation sites (N-methyl/N-ethyl adjacent to an activating group) is 1. The van der Waals surface area contributed by atoms with Crippen LogP contribution in [0.15, 0.2) is 22.5 Å². The van der Waals surface area contributed by atoms with Crippen molar-refractivity contribution in [3.63, 3.8) is 0 Å². The lowest BCUT2D eigenvalue weighted by atomic mass is 10.2. The number of rotatable bonds is 7. The number of nitrogens with one attached hydrogen (secondary N) is 2. The van der Waals surface area contributed by atoms with Crippen LogP contribution < -0.4 is 10.6 Å². The highest BCUT2D eigenvalue weighted by Gasteiger charge is 2.28. The molecule has 1 atom stereocenters. The number of sulfone groups is 1. The first-order valence-electron chi connectivity index (χ1n) is 8.33. The Labute approximate surface area is 153 Å². The van der Waals surface area contributed by atoms with Crippen LogP contribution in [0.3, 0.4) is 0 Å². The summed E-state index contributed by atoms with van der Waals surface area (Å²) in [6.07, 6.45) is 1.74. The van der Waals surface area contributed by atoms with Crippen LogP contribution in [0.2, 0.25) is 0 Å². The van der Waals surface area contributed by atoms with Crippen LogP contribution >= 0.6 is 11.3 Å². The van der Waals surface area contributed by atoms with Gasteiger partial charge in [-0.3, -0.25) is 9.79 Å². The number of amides is 1. The molecule has 1 unspecified atom stereocenters. The number of hydrogen-bond acceptors (Lipinski definition) is 5. The Morgan fingerprint density at radius 1 is 1.48 bits per heavy atom. The van der Waals surface area contributed by atoms with Gasteiger partial charge in [0.25, 0.3) is 0 Å². The third kappa shape index (κ3) is 6.66. The minimum atomic E-state index is -2.97. The first-order valence-corrected chi connectivity index (χ1v) is 11.0. The van der Waals surface area contributed by atoms with E-state index in [0.717, 1.165) is 18.9 Å². The van der Waals surface area contributed by atoms with Crippen molar-refractivity contribution in [1.82, 2.24) is 15.5 Å². The zero-order chi connectivity index (χ0) is 18.3. The van der Waals surface area contributed by atoms with Crippen molar-refractivity contribution in [2.45, 2.75) is 25.3 Å². The lowest BCUT2D eigenvalue weighted by Gasteiger charge is -2.22. The molecule has 0 aromatic carbocycles. The van der Waals surface area contributed by atoms with Crippen molar-refractivity contribution in [1.29, 1.82) is 0 Å². The molecular weight excluding hydrogens is 360 g/mol. The Bertz CT molecular complexity index is 686. The summed E-state index contributed by atoms with van der Waals surface area (Å²) in [5, 5.41) is 8.03. The first-order chi connectivity index (χ1) is 11.9. The van der Waals surface area contributed by atoms with Crippen molar-refractivity contribution in [3.8, 4) is 0 Å².